The number of hydrogen-bond donors (Lipinski definition) is 0. The van der Waals surface area contributed by atoms with E-state index in [0.717, 1.165) is 28.9 Å². The van der Waals surface area contributed by atoms with Crippen LogP contribution in [0, 0.1) is 0 Å². The minimum absolute atomic E-state index is 0.859. The predicted octanol–water partition coefficient (Wildman–Crippen LogP) is 4.19. The summed E-state index contributed by atoms with van der Waals surface area (Å²) < 4.78 is 0. The fraction of sp³-hybridized carbons (Fsp3) is 0.0476. The van der Waals surface area contributed by atoms with Gasteiger partial charge in [-0.1, -0.05) is 36.4 Å². The molecule has 0 amide bonds. The highest BCUT2D eigenvalue weighted by molar-refractivity contribution is 5.61. The second-order valence-electron chi connectivity index (χ2n) is 5.77. The van der Waals surface area contributed by atoms with Crippen molar-refractivity contribution < 1.29 is 0 Å². The minimum atomic E-state index is 0.859. The van der Waals surface area contributed by atoms with E-state index in [1.165, 1.54) is 11.1 Å². The van der Waals surface area contributed by atoms with Gasteiger partial charge in [-0.15, -0.1) is 0 Å². The van der Waals surface area contributed by atoms with Gasteiger partial charge >= 0.3 is 0 Å². The van der Waals surface area contributed by atoms with Crippen LogP contribution >= 0.6 is 0 Å². The van der Waals surface area contributed by atoms with Gasteiger partial charge in [0.15, 0.2) is 0 Å². The van der Waals surface area contributed by atoms with Crippen molar-refractivity contribution in [2.75, 3.05) is 0 Å². The third-order valence-corrected chi connectivity index (χ3v) is 4.02. The molecule has 0 unspecified atom stereocenters. The molecule has 0 aliphatic carbocycles. The molecule has 0 saturated heterocycles. The van der Waals surface area contributed by atoms with Gasteiger partial charge in [-0.25, -0.2) is 19.9 Å². The Hall–Kier alpha value is -3.40. The number of aromatic nitrogens is 4. The van der Waals surface area contributed by atoms with Gasteiger partial charge in [0, 0.05) is 23.5 Å². The lowest BCUT2D eigenvalue weighted by Crippen LogP contribution is -1.91. The summed E-state index contributed by atoms with van der Waals surface area (Å²) in [4.78, 5) is 16.6. The normalized spacial score (nSPS) is 10.6. The lowest BCUT2D eigenvalue weighted by atomic mass is 9.99. The van der Waals surface area contributed by atoms with Crippen LogP contribution in [0.3, 0.4) is 0 Å². The molecule has 0 fully saturated rings. The Balaban J connectivity index is 1.61. The van der Waals surface area contributed by atoms with Gasteiger partial charge in [-0.05, 0) is 41.8 Å². The second-order valence-corrected chi connectivity index (χ2v) is 5.77. The highest BCUT2D eigenvalue weighted by atomic mass is 14.8. The molecule has 0 aliphatic heterocycles. The Labute approximate surface area is 146 Å². The smallest absolute Gasteiger partial charge is 0.116 e. The molecule has 0 N–H and O–H groups in total. The molecule has 2 aromatic carbocycles. The Bertz CT molecular complexity index is 888. The zero-order valence-electron chi connectivity index (χ0n) is 13.6. The molecule has 4 aromatic rings. The summed E-state index contributed by atoms with van der Waals surface area (Å²) in [6.45, 7) is 0. The zero-order chi connectivity index (χ0) is 16.9. The van der Waals surface area contributed by atoms with E-state index in [4.69, 9.17) is 0 Å². The standard InChI is InChI=1S/C21H16N4/c1-3-16(12-18(5-1)20-7-9-22-14-24-20)11-17-4-2-6-19(13-17)21-8-10-23-15-25-21/h1-10,12-15H,11H2. The third kappa shape index (κ3) is 3.58. The summed E-state index contributed by atoms with van der Waals surface area (Å²) >= 11 is 0. The zero-order valence-corrected chi connectivity index (χ0v) is 13.6. The molecular weight excluding hydrogens is 308 g/mol. The molecule has 2 aromatic heterocycles. The molecule has 0 radical (unpaired) electrons. The Morgan fingerprint density at radius 2 is 1.12 bits per heavy atom. The van der Waals surface area contributed by atoms with Crippen molar-refractivity contribution in [2.24, 2.45) is 0 Å². The van der Waals surface area contributed by atoms with E-state index in [2.05, 4.69) is 68.5 Å². The van der Waals surface area contributed by atoms with E-state index in [1.807, 2.05) is 12.1 Å². The van der Waals surface area contributed by atoms with Crippen LogP contribution in [0.1, 0.15) is 11.1 Å². The average Bonchev–Trinajstić information content (AvgIpc) is 2.70. The molecule has 25 heavy (non-hydrogen) atoms. The molecule has 0 aliphatic rings. The van der Waals surface area contributed by atoms with E-state index >= 15 is 0 Å². The van der Waals surface area contributed by atoms with Gasteiger partial charge < -0.3 is 0 Å². The van der Waals surface area contributed by atoms with Crippen LogP contribution in [-0.2, 0) is 6.42 Å². The van der Waals surface area contributed by atoms with Crippen molar-refractivity contribution in [3.8, 4) is 22.5 Å². The first-order valence-corrected chi connectivity index (χ1v) is 8.09. The first-order chi connectivity index (χ1) is 12.4. The summed E-state index contributed by atoms with van der Waals surface area (Å²) in [7, 11) is 0. The van der Waals surface area contributed by atoms with Crippen LogP contribution in [0.5, 0.6) is 0 Å². The molecule has 0 spiro atoms. The number of hydrogen-bond acceptors (Lipinski definition) is 4. The van der Waals surface area contributed by atoms with Crippen LogP contribution < -0.4 is 0 Å². The maximum absolute atomic E-state index is 4.33. The summed E-state index contributed by atoms with van der Waals surface area (Å²) in [6.07, 6.45) is 7.54. The van der Waals surface area contributed by atoms with Gasteiger partial charge in [0.1, 0.15) is 12.7 Å². The van der Waals surface area contributed by atoms with Gasteiger partial charge in [0.2, 0.25) is 0 Å². The SMILES string of the molecule is c1cc(Cc2cccc(-c3ccncn3)c2)cc(-c2ccncn2)c1. The first kappa shape index (κ1) is 15.1. The maximum atomic E-state index is 4.33. The molecule has 4 heteroatoms. The Kier molecular flexibility index (Phi) is 4.25. The van der Waals surface area contributed by atoms with Crippen molar-refractivity contribution >= 4 is 0 Å². The molecule has 4 rings (SSSR count). The van der Waals surface area contributed by atoms with E-state index in [9.17, 15) is 0 Å². The average molecular weight is 324 g/mol. The van der Waals surface area contributed by atoms with Crippen molar-refractivity contribution in [1.82, 2.24) is 19.9 Å². The quantitative estimate of drug-likeness (QED) is 0.565. The highest BCUT2D eigenvalue weighted by Gasteiger charge is 2.04. The lowest BCUT2D eigenvalue weighted by molar-refractivity contribution is 1.15. The van der Waals surface area contributed by atoms with E-state index in [0.29, 0.717) is 0 Å². The summed E-state index contributed by atoms with van der Waals surface area (Å²) in [5.74, 6) is 0. The largest absolute Gasteiger partial charge is 0.245 e. The number of benzene rings is 2. The van der Waals surface area contributed by atoms with E-state index in [1.54, 1.807) is 25.0 Å². The topological polar surface area (TPSA) is 51.6 Å². The highest BCUT2D eigenvalue weighted by Crippen LogP contribution is 2.22. The van der Waals surface area contributed by atoms with Crippen molar-refractivity contribution in [3.05, 3.63) is 96.8 Å². The fourth-order valence-electron chi connectivity index (χ4n) is 2.84. The van der Waals surface area contributed by atoms with Gasteiger partial charge in [-0.3, -0.25) is 0 Å². The molecule has 0 atom stereocenters. The van der Waals surface area contributed by atoms with Gasteiger partial charge in [0.05, 0.1) is 11.4 Å². The lowest BCUT2D eigenvalue weighted by Gasteiger charge is -2.07. The van der Waals surface area contributed by atoms with Crippen LogP contribution in [0.15, 0.2) is 85.7 Å². The first-order valence-electron chi connectivity index (χ1n) is 8.09. The van der Waals surface area contributed by atoms with Crippen molar-refractivity contribution in [3.63, 3.8) is 0 Å². The summed E-state index contributed by atoms with van der Waals surface area (Å²) in [6, 6.07) is 20.8. The summed E-state index contributed by atoms with van der Waals surface area (Å²) in [5, 5.41) is 0. The molecule has 0 saturated carbocycles. The minimum Gasteiger partial charge on any atom is -0.245 e. The third-order valence-electron chi connectivity index (χ3n) is 4.02. The van der Waals surface area contributed by atoms with Crippen LogP contribution in [0.2, 0.25) is 0 Å². The predicted molar refractivity (Wildman–Crippen MR) is 97.7 cm³/mol. The summed E-state index contributed by atoms with van der Waals surface area (Å²) in [5.41, 5.74) is 6.57. The Morgan fingerprint density at radius 1 is 0.600 bits per heavy atom. The maximum Gasteiger partial charge on any atom is 0.116 e. The van der Waals surface area contributed by atoms with Crippen LogP contribution in [0.4, 0.5) is 0 Å². The molecule has 2 heterocycles. The van der Waals surface area contributed by atoms with Crippen molar-refractivity contribution in [1.29, 1.82) is 0 Å². The fourth-order valence-corrected chi connectivity index (χ4v) is 2.84. The van der Waals surface area contributed by atoms with E-state index < -0.39 is 0 Å². The van der Waals surface area contributed by atoms with E-state index in [-0.39, 0.29) is 0 Å². The number of rotatable bonds is 4. The van der Waals surface area contributed by atoms with Gasteiger partial charge in [-0.2, -0.15) is 0 Å². The molecule has 120 valence electrons. The molecule has 0 bridgehead atoms. The monoisotopic (exact) mass is 324 g/mol. The van der Waals surface area contributed by atoms with Crippen LogP contribution in [-0.4, -0.2) is 19.9 Å². The molecule has 4 nitrogen and oxygen atoms in total. The van der Waals surface area contributed by atoms with Crippen molar-refractivity contribution in [2.45, 2.75) is 6.42 Å². The van der Waals surface area contributed by atoms with Crippen LogP contribution in [0.25, 0.3) is 22.5 Å². The molecular formula is C21H16N4. The number of nitrogens with zero attached hydrogens (tertiary/aromatic N) is 4. The van der Waals surface area contributed by atoms with Gasteiger partial charge in [0.25, 0.3) is 0 Å². The second kappa shape index (κ2) is 7.01. The Morgan fingerprint density at radius 3 is 1.56 bits per heavy atom.